The lowest BCUT2D eigenvalue weighted by molar-refractivity contribution is 0.510. The van der Waals surface area contributed by atoms with Gasteiger partial charge in [-0.1, -0.05) is 28.8 Å². The Bertz CT molecular complexity index is 297. The van der Waals surface area contributed by atoms with E-state index in [1.807, 2.05) is 12.2 Å². The summed E-state index contributed by atoms with van der Waals surface area (Å²) in [5.74, 6) is 0. The predicted octanol–water partition coefficient (Wildman–Crippen LogP) is 3.47. The summed E-state index contributed by atoms with van der Waals surface area (Å²) in [6, 6.07) is -0.552. The van der Waals surface area contributed by atoms with Gasteiger partial charge in [0.15, 0.2) is 0 Å². The summed E-state index contributed by atoms with van der Waals surface area (Å²) in [7, 11) is 0. The Hall–Kier alpha value is -1.64. The average molecular weight is 192 g/mol. The molecule has 0 aromatic carbocycles. The van der Waals surface area contributed by atoms with Crippen LogP contribution in [0.5, 0.6) is 0 Å². The Balaban J connectivity index is 2.82. The number of nitrogens with zero attached hydrogens (tertiary/aromatic N) is 6. The van der Waals surface area contributed by atoms with Crippen molar-refractivity contribution >= 4 is 0 Å². The fourth-order valence-corrected chi connectivity index (χ4v) is 1.52. The van der Waals surface area contributed by atoms with Crippen LogP contribution in [0.15, 0.2) is 22.4 Å². The maximum Gasteiger partial charge on any atom is 0.0639 e. The number of hydrogen-bond acceptors (Lipinski definition) is 2. The van der Waals surface area contributed by atoms with E-state index in [9.17, 15) is 0 Å². The van der Waals surface area contributed by atoms with Crippen LogP contribution in [0.25, 0.3) is 20.9 Å². The lowest BCUT2D eigenvalue weighted by Crippen LogP contribution is -2.20. The summed E-state index contributed by atoms with van der Waals surface area (Å²) < 4.78 is 0. The van der Waals surface area contributed by atoms with E-state index >= 15 is 0 Å². The van der Waals surface area contributed by atoms with Crippen molar-refractivity contribution in [3.05, 3.63) is 33.0 Å². The molecule has 0 aromatic rings. The van der Waals surface area contributed by atoms with Crippen LogP contribution in [0.2, 0.25) is 0 Å². The molecule has 14 heavy (non-hydrogen) atoms. The standard InChI is InChI=1S/C8H12N6/c9-13-11-7-5-3-1-2-4-6-8(7)12-14-10/h3,5,7-8H,1-2,4,6H2/b5-3-/t7-,8-/m0/s1. The summed E-state index contributed by atoms with van der Waals surface area (Å²) in [4.78, 5) is 5.53. The second-order valence-electron chi connectivity index (χ2n) is 3.18. The molecule has 0 unspecified atom stereocenters. The molecule has 1 aliphatic rings. The van der Waals surface area contributed by atoms with E-state index in [0.29, 0.717) is 0 Å². The minimum Gasteiger partial charge on any atom is -0.0899 e. The number of azide groups is 2. The summed E-state index contributed by atoms with van der Waals surface area (Å²) in [6.45, 7) is 0. The average Bonchev–Trinajstić information content (AvgIpc) is 2.16. The van der Waals surface area contributed by atoms with Crippen molar-refractivity contribution in [1.29, 1.82) is 0 Å². The molecule has 1 aliphatic carbocycles. The molecule has 6 heteroatoms. The van der Waals surface area contributed by atoms with Gasteiger partial charge in [0.05, 0.1) is 6.04 Å². The molecule has 2 atom stereocenters. The number of rotatable bonds is 2. The maximum absolute atomic E-state index is 8.37. The molecule has 0 aromatic heterocycles. The van der Waals surface area contributed by atoms with E-state index in [2.05, 4.69) is 20.1 Å². The molecule has 0 aliphatic heterocycles. The van der Waals surface area contributed by atoms with Gasteiger partial charge in [-0.3, -0.25) is 0 Å². The van der Waals surface area contributed by atoms with Crippen molar-refractivity contribution in [2.75, 3.05) is 0 Å². The molecule has 74 valence electrons. The first kappa shape index (κ1) is 10.4. The molecular formula is C8H12N6. The number of allylic oxidation sites excluding steroid dienone is 1. The van der Waals surface area contributed by atoms with E-state index in [0.717, 1.165) is 25.7 Å². The van der Waals surface area contributed by atoms with Gasteiger partial charge in [0.25, 0.3) is 0 Å². The van der Waals surface area contributed by atoms with Gasteiger partial charge in [-0.2, -0.15) is 0 Å². The highest BCUT2D eigenvalue weighted by Gasteiger charge is 2.17. The highest BCUT2D eigenvalue weighted by molar-refractivity contribution is 5.01. The molecule has 0 N–H and O–H groups in total. The molecule has 1 rings (SSSR count). The van der Waals surface area contributed by atoms with Crippen LogP contribution < -0.4 is 0 Å². The van der Waals surface area contributed by atoms with Crippen LogP contribution in [0.1, 0.15) is 25.7 Å². The zero-order valence-electron chi connectivity index (χ0n) is 7.82. The normalized spacial score (nSPS) is 28.9. The van der Waals surface area contributed by atoms with Crippen molar-refractivity contribution < 1.29 is 0 Å². The molecule has 0 amide bonds. The highest BCUT2D eigenvalue weighted by atomic mass is 15.2. The van der Waals surface area contributed by atoms with Gasteiger partial charge in [-0.15, -0.1) is 0 Å². The highest BCUT2D eigenvalue weighted by Crippen LogP contribution is 2.18. The molecule has 0 saturated heterocycles. The van der Waals surface area contributed by atoms with Gasteiger partial charge in [0.2, 0.25) is 0 Å². The second kappa shape index (κ2) is 5.91. The van der Waals surface area contributed by atoms with E-state index in [4.69, 9.17) is 11.1 Å². The Morgan fingerprint density at radius 3 is 2.64 bits per heavy atom. The van der Waals surface area contributed by atoms with Crippen LogP contribution >= 0.6 is 0 Å². The Morgan fingerprint density at radius 1 is 1.14 bits per heavy atom. The first-order valence-corrected chi connectivity index (χ1v) is 4.63. The Labute approximate surface area is 81.9 Å². The zero-order valence-corrected chi connectivity index (χ0v) is 7.82. The summed E-state index contributed by atoms with van der Waals surface area (Å²) in [5, 5.41) is 7.26. The predicted molar refractivity (Wildman–Crippen MR) is 53.5 cm³/mol. The molecule has 0 saturated carbocycles. The van der Waals surface area contributed by atoms with Crippen molar-refractivity contribution in [2.24, 2.45) is 10.2 Å². The second-order valence-corrected chi connectivity index (χ2v) is 3.18. The van der Waals surface area contributed by atoms with Gasteiger partial charge in [-0.25, -0.2) is 0 Å². The van der Waals surface area contributed by atoms with E-state index in [-0.39, 0.29) is 12.1 Å². The molecule has 0 spiro atoms. The largest absolute Gasteiger partial charge is 0.0899 e. The fraction of sp³-hybridized carbons (Fsp3) is 0.750. The van der Waals surface area contributed by atoms with E-state index in [1.54, 1.807) is 0 Å². The van der Waals surface area contributed by atoms with Crippen LogP contribution in [-0.4, -0.2) is 12.1 Å². The molecule has 6 nitrogen and oxygen atoms in total. The third-order valence-corrected chi connectivity index (χ3v) is 2.23. The van der Waals surface area contributed by atoms with Gasteiger partial charge in [0, 0.05) is 15.9 Å². The van der Waals surface area contributed by atoms with E-state index in [1.165, 1.54) is 0 Å². The van der Waals surface area contributed by atoms with Crippen molar-refractivity contribution in [3.63, 3.8) is 0 Å². The van der Waals surface area contributed by atoms with E-state index < -0.39 is 0 Å². The van der Waals surface area contributed by atoms with Gasteiger partial charge >= 0.3 is 0 Å². The minimum atomic E-state index is -0.323. The molecule has 0 fully saturated rings. The Morgan fingerprint density at radius 2 is 1.93 bits per heavy atom. The number of hydrogen-bond donors (Lipinski definition) is 0. The quantitative estimate of drug-likeness (QED) is 0.277. The van der Waals surface area contributed by atoms with Gasteiger partial charge in [-0.05, 0) is 30.3 Å². The molecule has 0 heterocycles. The smallest absolute Gasteiger partial charge is 0.0639 e. The molecule has 0 bridgehead atoms. The summed E-state index contributed by atoms with van der Waals surface area (Å²) in [6.07, 6.45) is 7.71. The van der Waals surface area contributed by atoms with Crippen LogP contribution in [0, 0.1) is 0 Å². The van der Waals surface area contributed by atoms with Crippen molar-refractivity contribution in [2.45, 2.75) is 37.8 Å². The van der Waals surface area contributed by atoms with Crippen LogP contribution in [0.4, 0.5) is 0 Å². The van der Waals surface area contributed by atoms with Crippen LogP contribution in [0.3, 0.4) is 0 Å². The molecular weight excluding hydrogens is 180 g/mol. The summed E-state index contributed by atoms with van der Waals surface area (Å²) in [5.41, 5.74) is 16.7. The topological polar surface area (TPSA) is 97.5 Å². The van der Waals surface area contributed by atoms with Gasteiger partial charge in [0.1, 0.15) is 0 Å². The monoisotopic (exact) mass is 192 g/mol. The first-order valence-electron chi connectivity index (χ1n) is 4.63. The third-order valence-electron chi connectivity index (χ3n) is 2.23. The van der Waals surface area contributed by atoms with Crippen LogP contribution in [-0.2, 0) is 0 Å². The lowest BCUT2D eigenvalue weighted by atomic mass is 9.98. The van der Waals surface area contributed by atoms with Crippen molar-refractivity contribution in [1.82, 2.24) is 0 Å². The third kappa shape index (κ3) is 3.01. The van der Waals surface area contributed by atoms with Gasteiger partial charge < -0.3 is 0 Å². The lowest BCUT2D eigenvalue weighted by Gasteiger charge is -2.17. The first-order chi connectivity index (χ1) is 6.88. The fourth-order valence-electron chi connectivity index (χ4n) is 1.52. The zero-order chi connectivity index (χ0) is 10.2. The molecule has 0 radical (unpaired) electrons. The minimum absolute atomic E-state index is 0.229. The SMILES string of the molecule is [N-]=[N+]=N[C@H]1/C=C\CCCC[C@@H]1N=[N+]=[N-]. The maximum atomic E-state index is 8.37. The Kier molecular flexibility index (Phi) is 4.41. The van der Waals surface area contributed by atoms with Crippen molar-refractivity contribution in [3.8, 4) is 0 Å². The summed E-state index contributed by atoms with van der Waals surface area (Å²) >= 11 is 0.